The molecule has 3 rings (SSSR count). The van der Waals surface area contributed by atoms with Crippen molar-refractivity contribution >= 4 is 18.4 Å². The van der Waals surface area contributed by atoms with Crippen molar-refractivity contribution in [2.24, 2.45) is 0 Å². The summed E-state index contributed by atoms with van der Waals surface area (Å²) in [6.07, 6.45) is 0. The van der Waals surface area contributed by atoms with E-state index in [2.05, 4.69) is 75.0 Å². The fourth-order valence-corrected chi connectivity index (χ4v) is 7.79. The summed E-state index contributed by atoms with van der Waals surface area (Å²) in [5.74, 6) is 0. The van der Waals surface area contributed by atoms with Gasteiger partial charge in [-0.15, -0.1) is 0 Å². The van der Waals surface area contributed by atoms with Gasteiger partial charge in [0.15, 0.2) is 0 Å². The van der Waals surface area contributed by atoms with Crippen LogP contribution in [0.1, 0.15) is 19.4 Å². The summed E-state index contributed by atoms with van der Waals surface area (Å²) in [4.78, 5) is 0. The van der Waals surface area contributed by atoms with Crippen molar-refractivity contribution in [3.05, 3.63) is 60.2 Å². The smallest absolute Gasteiger partial charge is 0.0626 e. The predicted octanol–water partition coefficient (Wildman–Crippen LogP) is 2.71. The Morgan fingerprint density at radius 1 is 0.824 bits per heavy atom. The first-order valence-electron chi connectivity index (χ1n) is 6.24. The van der Waals surface area contributed by atoms with Crippen molar-refractivity contribution < 1.29 is 0 Å². The maximum absolute atomic E-state index is 2.50. The molecular formula is C16H18Si. The molecule has 0 saturated heterocycles. The molecule has 0 bridgehead atoms. The number of rotatable bonds is 1. The summed E-state index contributed by atoms with van der Waals surface area (Å²) in [5, 5.41) is 3.53. The van der Waals surface area contributed by atoms with Gasteiger partial charge in [0.05, 0.1) is 0 Å². The lowest BCUT2D eigenvalue weighted by Gasteiger charge is -2.54. The van der Waals surface area contributed by atoms with Crippen LogP contribution in [-0.4, -0.2) is 8.07 Å². The molecule has 0 spiro atoms. The monoisotopic (exact) mass is 238 g/mol. The van der Waals surface area contributed by atoms with Crippen molar-refractivity contribution in [1.29, 1.82) is 0 Å². The Labute approximate surface area is 104 Å². The number of fused-ring (bicyclic) bond motifs is 1. The number of hydrogen-bond donors (Lipinski definition) is 0. The van der Waals surface area contributed by atoms with E-state index in [0.29, 0.717) is 5.04 Å². The first-order valence-corrected chi connectivity index (χ1v) is 8.74. The van der Waals surface area contributed by atoms with Crippen LogP contribution in [0.15, 0.2) is 54.6 Å². The highest BCUT2D eigenvalue weighted by Gasteiger charge is 2.56. The van der Waals surface area contributed by atoms with E-state index in [1.807, 2.05) is 0 Å². The molecule has 0 fully saturated rings. The molecule has 0 amide bonds. The van der Waals surface area contributed by atoms with Crippen LogP contribution in [0.5, 0.6) is 0 Å². The van der Waals surface area contributed by atoms with Gasteiger partial charge in [-0.2, -0.15) is 0 Å². The molecule has 1 aliphatic rings. The predicted molar refractivity (Wildman–Crippen MR) is 76.8 cm³/mol. The first kappa shape index (κ1) is 10.8. The highest BCUT2D eigenvalue weighted by atomic mass is 28.3. The third kappa shape index (κ3) is 1.18. The summed E-state index contributed by atoms with van der Waals surface area (Å²) >= 11 is 0. The normalized spacial score (nSPS) is 24.9. The van der Waals surface area contributed by atoms with E-state index in [-0.39, 0.29) is 0 Å². The molecule has 0 aromatic heterocycles. The molecule has 1 atom stereocenters. The largest absolute Gasteiger partial charge is 0.125 e. The lowest BCUT2D eigenvalue weighted by molar-refractivity contribution is 0.705. The van der Waals surface area contributed by atoms with Crippen LogP contribution >= 0.6 is 0 Å². The Morgan fingerprint density at radius 3 is 2.12 bits per heavy atom. The lowest BCUT2D eigenvalue weighted by atomic mass is 10.00. The van der Waals surface area contributed by atoms with Crippen molar-refractivity contribution in [2.45, 2.75) is 25.4 Å². The zero-order valence-corrected chi connectivity index (χ0v) is 11.7. The Kier molecular flexibility index (Phi) is 2.11. The molecule has 0 saturated carbocycles. The molecule has 2 aromatic carbocycles. The standard InChI is InChI=1S/C16H18Si/c1-16(2)14-11-7-8-12-15(14)17(16,3)13-9-5-4-6-10-13/h4-12H,1-3H3. The van der Waals surface area contributed by atoms with Crippen LogP contribution < -0.4 is 10.4 Å². The molecule has 1 heterocycles. The summed E-state index contributed by atoms with van der Waals surface area (Å²) in [6.45, 7) is 7.33. The lowest BCUT2D eigenvalue weighted by Crippen LogP contribution is -2.77. The van der Waals surface area contributed by atoms with Crippen LogP contribution in [-0.2, 0) is 5.04 Å². The zero-order valence-electron chi connectivity index (χ0n) is 10.7. The summed E-state index contributed by atoms with van der Waals surface area (Å²) in [6, 6.07) is 20.1. The van der Waals surface area contributed by atoms with Gasteiger partial charge in [0.25, 0.3) is 0 Å². The molecule has 0 radical (unpaired) electrons. The second-order valence-electron chi connectivity index (χ2n) is 5.66. The van der Waals surface area contributed by atoms with Gasteiger partial charge in [0, 0.05) is 0 Å². The third-order valence-corrected chi connectivity index (χ3v) is 10.5. The highest BCUT2D eigenvalue weighted by molar-refractivity contribution is 7.06. The minimum Gasteiger partial charge on any atom is -0.0626 e. The molecule has 1 unspecified atom stereocenters. The average molecular weight is 238 g/mol. The molecule has 0 N–H and O–H groups in total. The van der Waals surface area contributed by atoms with Gasteiger partial charge in [-0.1, -0.05) is 85.4 Å². The Balaban J connectivity index is 2.24. The minimum atomic E-state index is -1.52. The van der Waals surface area contributed by atoms with Crippen LogP contribution in [0, 0.1) is 0 Å². The zero-order chi connectivity index (χ0) is 12.1. The van der Waals surface area contributed by atoms with Crippen molar-refractivity contribution in [2.75, 3.05) is 0 Å². The minimum absolute atomic E-state index is 0.352. The van der Waals surface area contributed by atoms with Crippen molar-refractivity contribution in [3.63, 3.8) is 0 Å². The van der Waals surface area contributed by atoms with Crippen LogP contribution in [0.2, 0.25) is 6.55 Å². The molecule has 2 aromatic rings. The van der Waals surface area contributed by atoms with Crippen molar-refractivity contribution in [3.8, 4) is 0 Å². The second-order valence-corrected chi connectivity index (χ2v) is 10.3. The van der Waals surface area contributed by atoms with E-state index < -0.39 is 8.07 Å². The number of hydrogen-bond acceptors (Lipinski definition) is 0. The Hall–Kier alpha value is -1.34. The second kappa shape index (κ2) is 3.33. The molecular weight excluding hydrogens is 220 g/mol. The topological polar surface area (TPSA) is 0 Å². The van der Waals surface area contributed by atoms with Gasteiger partial charge in [-0.05, 0) is 10.6 Å². The Bertz CT molecular complexity index is 557. The first-order chi connectivity index (χ1) is 8.08. The van der Waals surface area contributed by atoms with Gasteiger partial charge < -0.3 is 0 Å². The molecule has 86 valence electrons. The van der Waals surface area contributed by atoms with Gasteiger partial charge >= 0.3 is 0 Å². The van der Waals surface area contributed by atoms with E-state index in [4.69, 9.17) is 0 Å². The van der Waals surface area contributed by atoms with Gasteiger partial charge in [0.2, 0.25) is 0 Å². The van der Waals surface area contributed by atoms with Crippen molar-refractivity contribution in [1.82, 2.24) is 0 Å². The molecule has 0 nitrogen and oxygen atoms in total. The fourth-order valence-electron chi connectivity index (χ4n) is 3.30. The van der Waals surface area contributed by atoms with E-state index in [1.165, 1.54) is 0 Å². The Morgan fingerprint density at radius 2 is 1.41 bits per heavy atom. The van der Waals surface area contributed by atoms with Crippen LogP contribution in [0.4, 0.5) is 0 Å². The third-order valence-electron chi connectivity index (χ3n) is 4.74. The van der Waals surface area contributed by atoms with E-state index in [1.54, 1.807) is 15.9 Å². The molecule has 1 heteroatoms. The molecule has 1 aliphatic heterocycles. The van der Waals surface area contributed by atoms with E-state index in [9.17, 15) is 0 Å². The SMILES string of the molecule is CC1(C)c2ccccc2[Si]1(C)c1ccccc1. The quantitative estimate of drug-likeness (QED) is 0.670. The van der Waals surface area contributed by atoms with Gasteiger partial charge in [-0.3, -0.25) is 0 Å². The maximum Gasteiger partial charge on any atom is 0.125 e. The average Bonchev–Trinajstić information content (AvgIpc) is 2.39. The molecule has 17 heavy (non-hydrogen) atoms. The summed E-state index contributed by atoms with van der Waals surface area (Å²) in [7, 11) is -1.52. The van der Waals surface area contributed by atoms with E-state index in [0.717, 1.165) is 0 Å². The fraction of sp³-hybridized carbons (Fsp3) is 0.250. The molecule has 0 aliphatic carbocycles. The summed E-state index contributed by atoms with van der Waals surface area (Å²) < 4.78 is 0. The van der Waals surface area contributed by atoms with Crippen LogP contribution in [0.3, 0.4) is 0 Å². The highest BCUT2D eigenvalue weighted by Crippen LogP contribution is 2.41. The van der Waals surface area contributed by atoms with E-state index >= 15 is 0 Å². The summed E-state index contributed by atoms with van der Waals surface area (Å²) in [5.41, 5.74) is 1.55. The number of benzene rings is 2. The van der Waals surface area contributed by atoms with Gasteiger partial charge in [-0.25, -0.2) is 0 Å². The van der Waals surface area contributed by atoms with Crippen LogP contribution in [0.25, 0.3) is 0 Å². The maximum atomic E-state index is 2.50. The van der Waals surface area contributed by atoms with Gasteiger partial charge in [0.1, 0.15) is 8.07 Å².